The molecule has 100 valence electrons. The Kier molecular flexibility index (Phi) is 7.54. The fourth-order valence-electron chi connectivity index (χ4n) is 1.44. The molecular weight excluding hydrogens is 220 g/mol. The van der Waals surface area contributed by atoms with Crippen LogP contribution in [0.1, 0.15) is 34.1 Å². The van der Waals surface area contributed by atoms with E-state index in [0.717, 1.165) is 0 Å². The largest absolute Gasteiger partial charge is 0.465 e. The molecule has 0 saturated heterocycles. The van der Waals surface area contributed by atoms with Crippen molar-refractivity contribution in [2.45, 2.75) is 40.2 Å². The zero-order valence-electron chi connectivity index (χ0n) is 11.2. The van der Waals surface area contributed by atoms with E-state index in [1.807, 2.05) is 20.8 Å². The van der Waals surface area contributed by atoms with Crippen molar-refractivity contribution in [3.05, 3.63) is 0 Å². The number of hydrogen-bond donors (Lipinski definition) is 1. The molecule has 0 aromatic heterocycles. The fraction of sp³-hybridized carbons (Fsp3) is 0.833. The Morgan fingerprint density at radius 1 is 1.29 bits per heavy atom. The average molecular weight is 244 g/mol. The third-order valence-electron chi connectivity index (χ3n) is 2.28. The predicted octanol–water partition coefficient (Wildman–Crippen LogP) is 0.771. The highest BCUT2D eigenvalue weighted by Crippen LogP contribution is 2.03. The van der Waals surface area contributed by atoms with Gasteiger partial charge >= 0.3 is 5.97 Å². The van der Waals surface area contributed by atoms with E-state index in [2.05, 4.69) is 0 Å². The van der Waals surface area contributed by atoms with Crippen LogP contribution in [0.2, 0.25) is 0 Å². The Hall–Kier alpha value is -1.10. The second-order valence-electron chi connectivity index (χ2n) is 4.43. The lowest BCUT2D eigenvalue weighted by Crippen LogP contribution is -2.47. The monoisotopic (exact) mass is 244 g/mol. The molecule has 2 N–H and O–H groups in total. The number of ether oxygens (including phenoxy) is 1. The van der Waals surface area contributed by atoms with Gasteiger partial charge in [0.2, 0.25) is 5.91 Å². The van der Waals surface area contributed by atoms with E-state index < -0.39 is 6.04 Å². The van der Waals surface area contributed by atoms with Crippen LogP contribution in [0.4, 0.5) is 0 Å². The van der Waals surface area contributed by atoms with Crippen molar-refractivity contribution in [2.24, 2.45) is 11.7 Å². The number of nitrogens with two attached hydrogens (primary N) is 1. The van der Waals surface area contributed by atoms with Crippen LogP contribution in [-0.4, -0.2) is 42.5 Å². The molecule has 0 aliphatic heterocycles. The SMILES string of the molecule is CCOC(=O)CN(CC(C)C)C(=O)C(N)CC. The molecule has 0 spiro atoms. The first kappa shape index (κ1) is 15.9. The second-order valence-corrected chi connectivity index (χ2v) is 4.43. The number of esters is 1. The van der Waals surface area contributed by atoms with Crippen molar-refractivity contribution in [3.8, 4) is 0 Å². The highest BCUT2D eigenvalue weighted by molar-refractivity contribution is 5.85. The van der Waals surface area contributed by atoms with Crippen molar-refractivity contribution in [1.82, 2.24) is 4.90 Å². The summed E-state index contributed by atoms with van der Waals surface area (Å²) in [5, 5.41) is 0. The summed E-state index contributed by atoms with van der Waals surface area (Å²) in [5.74, 6) is -0.281. The Bertz CT molecular complexity index is 254. The van der Waals surface area contributed by atoms with Gasteiger partial charge in [0.15, 0.2) is 0 Å². The number of amides is 1. The smallest absolute Gasteiger partial charge is 0.325 e. The zero-order valence-corrected chi connectivity index (χ0v) is 11.2. The first-order chi connectivity index (χ1) is 7.92. The van der Waals surface area contributed by atoms with Gasteiger partial charge in [-0.1, -0.05) is 20.8 Å². The van der Waals surface area contributed by atoms with Gasteiger partial charge in [-0.2, -0.15) is 0 Å². The van der Waals surface area contributed by atoms with Crippen LogP contribution in [0.15, 0.2) is 0 Å². The first-order valence-electron chi connectivity index (χ1n) is 6.12. The predicted molar refractivity (Wildman–Crippen MR) is 66.3 cm³/mol. The maximum Gasteiger partial charge on any atom is 0.325 e. The standard InChI is InChI=1S/C12H24N2O3/c1-5-10(13)12(16)14(7-9(3)4)8-11(15)17-6-2/h9-10H,5-8,13H2,1-4H3. The topological polar surface area (TPSA) is 72.6 Å². The van der Waals surface area contributed by atoms with E-state index in [0.29, 0.717) is 19.6 Å². The molecule has 0 aromatic carbocycles. The summed E-state index contributed by atoms with van der Waals surface area (Å²) < 4.78 is 4.84. The first-order valence-corrected chi connectivity index (χ1v) is 6.12. The van der Waals surface area contributed by atoms with Crippen LogP contribution in [-0.2, 0) is 14.3 Å². The van der Waals surface area contributed by atoms with Gasteiger partial charge in [-0.05, 0) is 19.3 Å². The number of carbonyl (C=O) groups excluding carboxylic acids is 2. The van der Waals surface area contributed by atoms with Crippen molar-refractivity contribution < 1.29 is 14.3 Å². The molecule has 17 heavy (non-hydrogen) atoms. The van der Waals surface area contributed by atoms with Gasteiger partial charge in [0.05, 0.1) is 12.6 Å². The summed E-state index contributed by atoms with van der Waals surface area (Å²) in [6.07, 6.45) is 0.566. The van der Waals surface area contributed by atoms with E-state index in [1.54, 1.807) is 6.92 Å². The Balaban J connectivity index is 4.52. The molecule has 0 saturated carbocycles. The van der Waals surface area contributed by atoms with E-state index in [4.69, 9.17) is 10.5 Å². The number of carbonyl (C=O) groups is 2. The van der Waals surface area contributed by atoms with E-state index in [1.165, 1.54) is 4.90 Å². The number of rotatable bonds is 7. The minimum absolute atomic E-state index is 0.0153. The normalized spacial score (nSPS) is 12.4. The molecule has 1 atom stereocenters. The Morgan fingerprint density at radius 3 is 2.29 bits per heavy atom. The van der Waals surface area contributed by atoms with Crippen LogP contribution in [0.25, 0.3) is 0 Å². The Morgan fingerprint density at radius 2 is 1.88 bits per heavy atom. The third kappa shape index (κ3) is 6.26. The lowest BCUT2D eigenvalue weighted by atomic mass is 10.1. The van der Waals surface area contributed by atoms with Crippen molar-refractivity contribution >= 4 is 11.9 Å². The molecule has 0 heterocycles. The van der Waals surface area contributed by atoms with Gasteiger partial charge in [-0.3, -0.25) is 9.59 Å². The number of nitrogens with zero attached hydrogens (tertiary/aromatic N) is 1. The highest BCUT2D eigenvalue weighted by Gasteiger charge is 2.22. The van der Waals surface area contributed by atoms with Crippen LogP contribution in [0.5, 0.6) is 0 Å². The molecular formula is C12H24N2O3. The van der Waals surface area contributed by atoms with Crippen molar-refractivity contribution in [2.75, 3.05) is 19.7 Å². The van der Waals surface area contributed by atoms with Gasteiger partial charge in [-0.15, -0.1) is 0 Å². The summed E-state index contributed by atoms with van der Waals surface area (Å²) in [6.45, 7) is 8.39. The molecule has 0 aliphatic carbocycles. The zero-order chi connectivity index (χ0) is 13.4. The maximum absolute atomic E-state index is 11.9. The molecule has 0 radical (unpaired) electrons. The average Bonchev–Trinajstić information content (AvgIpc) is 2.25. The summed E-state index contributed by atoms with van der Waals surface area (Å²) in [5.41, 5.74) is 5.70. The summed E-state index contributed by atoms with van der Waals surface area (Å²) in [7, 11) is 0. The molecule has 5 nitrogen and oxygen atoms in total. The van der Waals surface area contributed by atoms with Crippen LogP contribution < -0.4 is 5.73 Å². The molecule has 1 unspecified atom stereocenters. The van der Waals surface area contributed by atoms with E-state index >= 15 is 0 Å². The Labute approximate surface area is 103 Å². The molecule has 0 fully saturated rings. The minimum Gasteiger partial charge on any atom is -0.465 e. The summed E-state index contributed by atoms with van der Waals surface area (Å²) >= 11 is 0. The van der Waals surface area contributed by atoms with Gasteiger partial charge in [-0.25, -0.2) is 0 Å². The maximum atomic E-state index is 11.9. The molecule has 0 bridgehead atoms. The lowest BCUT2D eigenvalue weighted by Gasteiger charge is -2.26. The summed E-state index contributed by atoms with van der Waals surface area (Å²) in [6, 6.07) is -0.539. The third-order valence-corrected chi connectivity index (χ3v) is 2.28. The molecule has 0 aromatic rings. The van der Waals surface area contributed by atoms with E-state index in [-0.39, 0.29) is 24.3 Å². The lowest BCUT2D eigenvalue weighted by molar-refractivity contribution is -0.149. The van der Waals surface area contributed by atoms with E-state index in [9.17, 15) is 9.59 Å². The quantitative estimate of drug-likeness (QED) is 0.671. The van der Waals surface area contributed by atoms with Crippen LogP contribution in [0, 0.1) is 5.92 Å². The van der Waals surface area contributed by atoms with Gasteiger partial charge < -0.3 is 15.4 Å². The number of hydrogen-bond acceptors (Lipinski definition) is 4. The second kappa shape index (κ2) is 8.06. The van der Waals surface area contributed by atoms with Gasteiger partial charge in [0.1, 0.15) is 6.54 Å². The van der Waals surface area contributed by atoms with Crippen LogP contribution in [0.3, 0.4) is 0 Å². The fourth-order valence-corrected chi connectivity index (χ4v) is 1.44. The van der Waals surface area contributed by atoms with Crippen molar-refractivity contribution in [1.29, 1.82) is 0 Å². The minimum atomic E-state index is -0.539. The van der Waals surface area contributed by atoms with Crippen molar-refractivity contribution in [3.63, 3.8) is 0 Å². The molecule has 1 amide bonds. The van der Waals surface area contributed by atoms with Gasteiger partial charge in [0.25, 0.3) is 0 Å². The van der Waals surface area contributed by atoms with Gasteiger partial charge in [0, 0.05) is 6.54 Å². The molecule has 0 rings (SSSR count). The summed E-state index contributed by atoms with van der Waals surface area (Å²) in [4.78, 5) is 24.8. The van der Waals surface area contributed by atoms with Crippen LogP contribution >= 0.6 is 0 Å². The molecule has 0 aliphatic rings. The highest BCUT2D eigenvalue weighted by atomic mass is 16.5. The molecule has 5 heteroatoms.